The molecule has 0 unspecified atom stereocenters. The molecule has 0 saturated carbocycles. The third-order valence-corrected chi connectivity index (χ3v) is 5.92. The molecule has 6 heteroatoms. The van der Waals surface area contributed by atoms with E-state index in [0.29, 0.717) is 19.6 Å². The number of amides is 1. The lowest BCUT2D eigenvalue weighted by atomic mass is 10.2. The van der Waals surface area contributed by atoms with Crippen molar-refractivity contribution < 1.29 is 13.9 Å². The summed E-state index contributed by atoms with van der Waals surface area (Å²) < 4.78 is 13.0. The van der Waals surface area contributed by atoms with Gasteiger partial charge < -0.3 is 23.5 Å². The van der Waals surface area contributed by atoms with Crippen LogP contribution in [-0.4, -0.2) is 48.7 Å². The number of hydrogen-bond acceptors (Lipinski definition) is 4. The van der Waals surface area contributed by atoms with E-state index in [1.165, 1.54) is 0 Å². The number of rotatable bonds is 6. The number of aromatic nitrogens is 1. The summed E-state index contributed by atoms with van der Waals surface area (Å²) >= 11 is 0. The summed E-state index contributed by atoms with van der Waals surface area (Å²) in [6.07, 6.45) is 5.31. The number of carbonyl (C=O) groups excluding carboxylic acids is 1. The molecule has 1 amide bonds. The van der Waals surface area contributed by atoms with E-state index in [4.69, 9.17) is 9.15 Å². The number of carbonyl (C=O) groups is 1. The van der Waals surface area contributed by atoms with Gasteiger partial charge in [-0.15, -0.1) is 0 Å². The molecule has 0 aliphatic carbocycles. The molecule has 0 spiro atoms. The largest absolute Gasteiger partial charge is 0.497 e. The van der Waals surface area contributed by atoms with Crippen molar-refractivity contribution in [1.29, 1.82) is 0 Å². The molecular formula is C25H29N3O3. The summed E-state index contributed by atoms with van der Waals surface area (Å²) in [4.78, 5) is 17.0. The number of methoxy groups -OCH3 is 1. The maximum absolute atomic E-state index is 12.8. The van der Waals surface area contributed by atoms with Gasteiger partial charge in [0.05, 0.1) is 19.9 Å². The maximum atomic E-state index is 12.8. The van der Waals surface area contributed by atoms with Crippen LogP contribution in [0, 0.1) is 13.8 Å². The van der Waals surface area contributed by atoms with Gasteiger partial charge in [0.25, 0.3) is 0 Å². The van der Waals surface area contributed by atoms with Gasteiger partial charge in [-0.1, -0.05) is 6.07 Å². The zero-order chi connectivity index (χ0) is 21.8. The van der Waals surface area contributed by atoms with Gasteiger partial charge in [0, 0.05) is 55.4 Å². The van der Waals surface area contributed by atoms with Crippen LogP contribution < -0.4 is 9.64 Å². The fourth-order valence-electron chi connectivity index (χ4n) is 4.06. The van der Waals surface area contributed by atoms with Gasteiger partial charge in [-0.25, -0.2) is 0 Å². The normalized spacial score (nSPS) is 14.4. The smallest absolute Gasteiger partial charge is 0.246 e. The van der Waals surface area contributed by atoms with Crippen LogP contribution in [0.5, 0.6) is 5.75 Å². The minimum Gasteiger partial charge on any atom is -0.497 e. The van der Waals surface area contributed by atoms with Crippen LogP contribution in [0.15, 0.2) is 59.2 Å². The first kappa shape index (κ1) is 20.8. The predicted octanol–water partition coefficient (Wildman–Crippen LogP) is 4.12. The lowest BCUT2D eigenvalue weighted by Gasteiger charge is -2.35. The first-order chi connectivity index (χ1) is 15.0. The zero-order valence-corrected chi connectivity index (χ0v) is 18.4. The molecule has 0 N–H and O–H groups in total. The van der Waals surface area contributed by atoms with Gasteiger partial charge >= 0.3 is 0 Å². The van der Waals surface area contributed by atoms with Crippen LogP contribution in [0.1, 0.15) is 22.7 Å². The molecule has 1 aliphatic heterocycles. The van der Waals surface area contributed by atoms with Gasteiger partial charge in [0.2, 0.25) is 5.91 Å². The van der Waals surface area contributed by atoms with E-state index in [1.54, 1.807) is 19.4 Å². The van der Waals surface area contributed by atoms with Crippen molar-refractivity contribution in [2.24, 2.45) is 0 Å². The Morgan fingerprint density at radius 3 is 2.61 bits per heavy atom. The van der Waals surface area contributed by atoms with E-state index < -0.39 is 0 Å². The molecule has 0 atom stereocenters. The van der Waals surface area contributed by atoms with Gasteiger partial charge in [0.1, 0.15) is 11.5 Å². The molecule has 1 fully saturated rings. The molecule has 2 aromatic heterocycles. The number of aryl methyl sites for hydroxylation is 1. The van der Waals surface area contributed by atoms with Crippen molar-refractivity contribution in [1.82, 2.24) is 9.47 Å². The van der Waals surface area contributed by atoms with E-state index in [2.05, 4.69) is 35.4 Å². The van der Waals surface area contributed by atoms with E-state index in [-0.39, 0.29) is 5.91 Å². The maximum Gasteiger partial charge on any atom is 0.246 e. The van der Waals surface area contributed by atoms with Crippen molar-refractivity contribution in [3.63, 3.8) is 0 Å². The highest BCUT2D eigenvalue weighted by Gasteiger charge is 2.20. The topological polar surface area (TPSA) is 50.9 Å². The average molecular weight is 420 g/mol. The number of ether oxygens (including phenoxy) is 1. The molecule has 1 aromatic carbocycles. The van der Waals surface area contributed by atoms with Crippen molar-refractivity contribution in [2.45, 2.75) is 20.4 Å². The molecule has 1 aliphatic rings. The molecule has 0 radical (unpaired) electrons. The van der Waals surface area contributed by atoms with Crippen molar-refractivity contribution in [3.05, 3.63) is 77.5 Å². The third kappa shape index (κ3) is 4.68. The Morgan fingerprint density at radius 1 is 1.10 bits per heavy atom. The summed E-state index contributed by atoms with van der Waals surface area (Å²) in [6, 6.07) is 14.0. The number of nitrogens with zero attached hydrogens (tertiary/aromatic N) is 3. The minimum absolute atomic E-state index is 0.0566. The third-order valence-electron chi connectivity index (χ3n) is 5.92. The molecule has 0 bridgehead atoms. The number of anilines is 1. The van der Waals surface area contributed by atoms with Crippen LogP contribution in [0.2, 0.25) is 0 Å². The first-order valence-corrected chi connectivity index (χ1v) is 10.6. The second kappa shape index (κ2) is 9.16. The van der Waals surface area contributed by atoms with Crippen LogP contribution in [0.4, 0.5) is 5.69 Å². The minimum atomic E-state index is 0.0566. The van der Waals surface area contributed by atoms with Crippen molar-refractivity contribution in [3.8, 4) is 5.75 Å². The Morgan fingerprint density at radius 2 is 1.90 bits per heavy atom. The number of furan rings is 1. The number of hydrogen-bond donors (Lipinski definition) is 0. The SMILES string of the molecule is COc1cccc(N2CCN(C(=O)C=Cc3cc(C)n(Cc4ccco4)c3C)CC2)c1. The lowest BCUT2D eigenvalue weighted by Crippen LogP contribution is -2.48. The fourth-order valence-corrected chi connectivity index (χ4v) is 4.06. The summed E-state index contributed by atoms with van der Waals surface area (Å²) in [7, 11) is 1.68. The van der Waals surface area contributed by atoms with Crippen molar-refractivity contribution >= 4 is 17.7 Å². The van der Waals surface area contributed by atoms with Gasteiger partial charge in [0.15, 0.2) is 0 Å². The van der Waals surface area contributed by atoms with Crippen LogP contribution >= 0.6 is 0 Å². The van der Waals surface area contributed by atoms with E-state index in [9.17, 15) is 4.79 Å². The molecule has 6 nitrogen and oxygen atoms in total. The van der Waals surface area contributed by atoms with Crippen LogP contribution in [0.3, 0.4) is 0 Å². The average Bonchev–Trinajstić information content (AvgIpc) is 3.41. The van der Waals surface area contributed by atoms with E-state index >= 15 is 0 Å². The molecule has 3 heterocycles. The Bertz CT molecular complexity index is 1060. The van der Waals surface area contributed by atoms with Crippen LogP contribution in [0.25, 0.3) is 6.08 Å². The molecule has 31 heavy (non-hydrogen) atoms. The predicted molar refractivity (Wildman–Crippen MR) is 123 cm³/mol. The quantitative estimate of drug-likeness (QED) is 0.564. The summed E-state index contributed by atoms with van der Waals surface area (Å²) in [5.41, 5.74) is 4.46. The lowest BCUT2D eigenvalue weighted by molar-refractivity contribution is -0.126. The molecule has 162 valence electrons. The fraction of sp³-hybridized carbons (Fsp3) is 0.320. The second-order valence-electron chi connectivity index (χ2n) is 7.84. The zero-order valence-electron chi connectivity index (χ0n) is 18.4. The van der Waals surface area contributed by atoms with Crippen LogP contribution in [-0.2, 0) is 11.3 Å². The summed E-state index contributed by atoms with van der Waals surface area (Å²) in [5, 5.41) is 0. The number of benzene rings is 1. The Balaban J connectivity index is 1.37. The molecule has 1 saturated heterocycles. The van der Waals surface area contributed by atoms with Gasteiger partial charge in [-0.3, -0.25) is 4.79 Å². The monoisotopic (exact) mass is 419 g/mol. The van der Waals surface area contributed by atoms with Gasteiger partial charge in [-0.05, 0) is 55.8 Å². The second-order valence-corrected chi connectivity index (χ2v) is 7.84. The Labute approximate surface area is 183 Å². The van der Waals surface area contributed by atoms with E-state index in [1.807, 2.05) is 41.3 Å². The molecular weight excluding hydrogens is 390 g/mol. The highest BCUT2D eigenvalue weighted by molar-refractivity contribution is 5.92. The first-order valence-electron chi connectivity index (χ1n) is 10.6. The Kier molecular flexibility index (Phi) is 6.16. The number of piperazine rings is 1. The summed E-state index contributed by atoms with van der Waals surface area (Å²) in [5.74, 6) is 1.83. The standard InChI is InChI=1S/C25H29N3O3/c1-19-16-21(20(2)28(19)18-24-8-5-15-31-24)9-10-25(29)27-13-11-26(12-14-27)22-6-4-7-23(17-22)30-3/h4-10,15-17H,11-14,18H2,1-3H3. The highest BCUT2D eigenvalue weighted by Crippen LogP contribution is 2.22. The van der Waals surface area contributed by atoms with Gasteiger partial charge in [-0.2, -0.15) is 0 Å². The molecule has 4 rings (SSSR count). The highest BCUT2D eigenvalue weighted by atomic mass is 16.5. The summed E-state index contributed by atoms with van der Waals surface area (Å²) in [6.45, 7) is 7.88. The van der Waals surface area contributed by atoms with E-state index in [0.717, 1.165) is 47.2 Å². The Hall–Kier alpha value is -3.41. The molecule has 3 aromatic rings. The van der Waals surface area contributed by atoms with Crippen molar-refractivity contribution in [2.75, 3.05) is 38.2 Å².